The molecule has 2 aromatic rings. The van der Waals surface area contributed by atoms with Crippen molar-refractivity contribution in [2.75, 3.05) is 5.32 Å². The van der Waals surface area contributed by atoms with Gasteiger partial charge in [0.1, 0.15) is 24.3 Å². The standard InChI is InChI=1S/C11H11N5O/c17-11(8-1-2-8)15-9-5-10(14-6-13-9)16-4-3-12-7-16/h3-8H,1-2H2,(H,13,14,15,17). The first kappa shape index (κ1) is 9.95. The van der Waals surface area contributed by atoms with E-state index >= 15 is 0 Å². The first-order valence-electron chi connectivity index (χ1n) is 5.44. The molecule has 3 rings (SSSR count). The Morgan fingerprint density at radius 3 is 3.00 bits per heavy atom. The molecule has 1 amide bonds. The van der Waals surface area contributed by atoms with E-state index < -0.39 is 0 Å². The highest BCUT2D eigenvalue weighted by atomic mass is 16.2. The van der Waals surface area contributed by atoms with Crippen molar-refractivity contribution in [3.8, 4) is 5.82 Å². The van der Waals surface area contributed by atoms with Crippen molar-refractivity contribution < 1.29 is 4.79 Å². The van der Waals surface area contributed by atoms with Crippen LogP contribution >= 0.6 is 0 Å². The van der Waals surface area contributed by atoms with Crippen LogP contribution in [0, 0.1) is 5.92 Å². The molecule has 1 aliphatic rings. The van der Waals surface area contributed by atoms with Gasteiger partial charge in [0.05, 0.1) is 0 Å². The second-order valence-electron chi connectivity index (χ2n) is 3.99. The van der Waals surface area contributed by atoms with Gasteiger partial charge in [0.15, 0.2) is 0 Å². The lowest BCUT2D eigenvalue weighted by Gasteiger charge is -2.05. The lowest BCUT2D eigenvalue weighted by Crippen LogP contribution is -2.14. The fourth-order valence-corrected chi connectivity index (χ4v) is 1.53. The molecule has 0 aromatic carbocycles. The minimum absolute atomic E-state index is 0.0419. The van der Waals surface area contributed by atoms with Crippen LogP contribution in [0.4, 0.5) is 5.82 Å². The van der Waals surface area contributed by atoms with E-state index in [4.69, 9.17) is 0 Å². The summed E-state index contributed by atoms with van der Waals surface area (Å²) in [6.45, 7) is 0. The molecule has 6 nitrogen and oxygen atoms in total. The summed E-state index contributed by atoms with van der Waals surface area (Å²) in [4.78, 5) is 23.7. The minimum atomic E-state index is 0.0419. The number of amides is 1. The predicted octanol–water partition coefficient (Wildman–Crippen LogP) is 1.01. The van der Waals surface area contributed by atoms with Crippen molar-refractivity contribution in [2.24, 2.45) is 5.92 Å². The SMILES string of the molecule is O=C(Nc1cc(-n2ccnc2)ncn1)C1CC1. The van der Waals surface area contributed by atoms with Crippen molar-refractivity contribution >= 4 is 11.7 Å². The number of carbonyl (C=O) groups excluding carboxylic acids is 1. The number of carbonyl (C=O) groups is 1. The number of hydrogen-bond acceptors (Lipinski definition) is 4. The Hall–Kier alpha value is -2.24. The predicted molar refractivity (Wildman–Crippen MR) is 60.5 cm³/mol. The van der Waals surface area contributed by atoms with E-state index in [1.165, 1.54) is 6.33 Å². The highest BCUT2D eigenvalue weighted by Crippen LogP contribution is 2.29. The van der Waals surface area contributed by atoms with E-state index in [0.29, 0.717) is 11.6 Å². The Labute approximate surface area is 97.7 Å². The van der Waals surface area contributed by atoms with Crippen molar-refractivity contribution in [3.05, 3.63) is 31.1 Å². The molecule has 1 fully saturated rings. The summed E-state index contributed by atoms with van der Waals surface area (Å²) in [5, 5.41) is 2.78. The van der Waals surface area contributed by atoms with Gasteiger partial charge in [-0.25, -0.2) is 15.0 Å². The second kappa shape index (κ2) is 3.97. The molecule has 0 saturated heterocycles. The number of nitrogens with zero attached hydrogens (tertiary/aromatic N) is 4. The van der Waals surface area contributed by atoms with E-state index in [2.05, 4.69) is 20.3 Å². The van der Waals surface area contributed by atoms with Gasteiger partial charge in [-0.05, 0) is 12.8 Å². The third-order valence-corrected chi connectivity index (χ3v) is 2.62. The van der Waals surface area contributed by atoms with E-state index in [1.54, 1.807) is 29.4 Å². The molecule has 0 bridgehead atoms. The first-order chi connectivity index (χ1) is 8.33. The van der Waals surface area contributed by atoms with Crippen LogP contribution in [-0.2, 0) is 4.79 Å². The van der Waals surface area contributed by atoms with Crippen molar-refractivity contribution in [1.82, 2.24) is 19.5 Å². The van der Waals surface area contributed by atoms with Gasteiger partial charge in [-0.1, -0.05) is 0 Å². The molecule has 1 aliphatic carbocycles. The van der Waals surface area contributed by atoms with Gasteiger partial charge in [-0.2, -0.15) is 0 Å². The Bertz CT molecular complexity index is 533. The quantitative estimate of drug-likeness (QED) is 0.852. The zero-order valence-electron chi connectivity index (χ0n) is 9.08. The molecule has 2 heterocycles. The number of aromatic nitrogens is 4. The molecule has 0 aliphatic heterocycles. The zero-order chi connectivity index (χ0) is 11.7. The average molecular weight is 229 g/mol. The summed E-state index contributed by atoms with van der Waals surface area (Å²) in [5.41, 5.74) is 0. The van der Waals surface area contributed by atoms with Crippen molar-refractivity contribution in [3.63, 3.8) is 0 Å². The summed E-state index contributed by atoms with van der Waals surface area (Å²) in [6.07, 6.45) is 8.49. The van der Waals surface area contributed by atoms with Crippen molar-refractivity contribution in [1.29, 1.82) is 0 Å². The maximum absolute atomic E-state index is 11.6. The fraction of sp³-hybridized carbons (Fsp3) is 0.273. The van der Waals surface area contributed by atoms with Crippen LogP contribution in [0.2, 0.25) is 0 Å². The molecular weight excluding hydrogens is 218 g/mol. The number of imidazole rings is 1. The smallest absolute Gasteiger partial charge is 0.228 e. The van der Waals surface area contributed by atoms with Gasteiger partial charge >= 0.3 is 0 Å². The topological polar surface area (TPSA) is 72.7 Å². The highest BCUT2D eigenvalue weighted by Gasteiger charge is 2.29. The lowest BCUT2D eigenvalue weighted by atomic mass is 10.4. The Kier molecular flexibility index (Phi) is 2.32. The summed E-state index contributed by atoms with van der Waals surface area (Å²) in [7, 11) is 0. The number of anilines is 1. The minimum Gasteiger partial charge on any atom is -0.310 e. The summed E-state index contributed by atoms with van der Waals surface area (Å²) >= 11 is 0. The monoisotopic (exact) mass is 229 g/mol. The molecule has 0 radical (unpaired) electrons. The molecular formula is C11H11N5O. The van der Waals surface area contributed by atoms with Gasteiger partial charge in [0.25, 0.3) is 0 Å². The normalized spacial score (nSPS) is 14.6. The molecule has 1 saturated carbocycles. The van der Waals surface area contributed by atoms with Gasteiger partial charge in [0.2, 0.25) is 5.91 Å². The van der Waals surface area contributed by atoms with Crippen LogP contribution in [0.25, 0.3) is 5.82 Å². The maximum Gasteiger partial charge on any atom is 0.228 e. The second-order valence-corrected chi connectivity index (χ2v) is 3.99. The van der Waals surface area contributed by atoms with Gasteiger partial charge in [0, 0.05) is 24.4 Å². The Morgan fingerprint density at radius 1 is 1.41 bits per heavy atom. The molecule has 1 N–H and O–H groups in total. The van der Waals surface area contributed by atoms with E-state index in [9.17, 15) is 4.79 Å². The van der Waals surface area contributed by atoms with Crippen LogP contribution in [-0.4, -0.2) is 25.4 Å². The molecule has 17 heavy (non-hydrogen) atoms. The molecule has 0 unspecified atom stereocenters. The third-order valence-electron chi connectivity index (χ3n) is 2.62. The van der Waals surface area contributed by atoms with Gasteiger partial charge in [-0.3, -0.25) is 9.36 Å². The van der Waals surface area contributed by atoms with E-state index in [0.717, 1.165) is 12.8 Å². The van der Waals surface area contributed by atoms with Crippen LogP contribution < -0.4 is 5.32 Å². The average Bonchev–Trinajstić information content (AvgIpc) is 3.05. The maximum atomic E-state index is 11.6. The Balaban J connectivity index is 1.81. The van der Waals surface area contributed by atoms with Crippen molar-refractivity contribution in [2.45, 2.75) is 12.8 Å². The Morgan fingerprint density at radius 2 is 2.29 bits per heavy atom. The van der Waals surface area contributed by atoms with Crippen LogP contribution in [0.15, 0.2) is 31.1 Å². The number of rotatable bonds is 3. The number of hydrogen-bond donors (Lipinski definition) is 1. The largest absolute Gasteiger partial charge is 0.310 e. The summed E-state index contributed by atoms with van der Waals surface area (Å²) in [6, 6.07) is 1.72. The molecule has 0 atom stereocenters. The molecule has 0 spiro atoms. The highest BCUT2D eigenvalue weighted by molar-refractivity contribution is 5.93. The van der Waals surface area contributed by atoms with Gasteiger partial charge < -0.3 is 5.32 Å². The van der Waals surface area contributed by atoms with Crippen LogP contribution in [0.1, 0.15) is 12.8 Å². The molecule has 6 heteroatoms. The summed E-state index contributed by atoms with van der Waals surface area (Å²) < 4.78 is 1.76. The van der Waals surface area contributed by atoms with Gasteiger partial charge in [-0.15, -0.1) is 0 Å². The first-order valence-corrected chi connectivity index (χ1v) is 5.44. The number of nitrogens with one attached hydrogen (secondary N) is 1. The van der Waals surface area contributed by atoms with E-state index in [-0.39, 0.29) is 11.8 Å². The fourth-order valence-electron chi connectivity index (χ4n) is 1.53. The third kappa shape index (κ3) is 2.15. The molecule has 2 aromatic heterocycles. The summed E-state index contributed by atoms with van der Waals surface area (Å²) in [5.74, 6) is 1.42. The molecule has 86 valence electrons. The zero-order valence-corrected chi connectivity index (χ0v) is 9.08. The van der Waals surface area contributed by atoms with E-state index in [1.807, 2.05) is 0 Å². The van der Waals surface area contributed by atoms with Crippen LogP contribution in [0.3, 0.4) is 0 Å². The lowest BCUT2D eigenvalue weighted by molar-refractivity contribution is -0.117. The van der Waals surface area contributed by atoms with Crippen LogP contribution in [0.5, 0.6) is 0 Å².